The standard InChI is InChI=1S/C18H30N2O4/c1-18(2,3)24-17(23)19-15(16(22)20-10-4-5-11-20)12-13-6-8-14(21)9-7-13/h13,15H,4-12H2,1-3H3,(H,19,23)/t15-/m0/s1. The molecule has 0 bridgehead atoms. The predicted molar refractivity (Wildman–Crippen MR) is 90.6 cm³/mol. The van der Waals surface area contributed by atoms with Crippen molar-refractivity contribution in [1.82, 2.24) is 10.2 Å². The minimum atomic E-state index is -0.595. The number of nitrogens with one attached hydrogen (secondary N) is 1. The van der Waals surface area contributed by atoms with Crippen molar-refractivity contribution in [2.45, 2.75) is 77.4 Å². The molecule has 0 radical (unpaired) electrons. The summed E-state index contributed by atoms with van der Waals surface area (Å²) in [4.78, 5) is 38.1. The van der Waals surface area contributed by atoms with Crippen molar-refractivity contribution in [1.29, 1.82) is 0 Å². The molecular weight excluding hydrogens is 308 g/mol. The Morgan fingerprint density at radius 2 is 1.79 bits per heavy atom. The number of carbonyl (C=O) groups is 3. The molecule has 1 aliphatic carbocycles. The van der Waals surface area contributed by atoms with Gasteiger partial charge in [0.15, 0.2) is 0 Å². The van der Waals surface area contributed by atoms with Gasteiger partial charge in [-0.3, -0.25) is 9.59 Å². The second-order valence-electron chi connectivity index (χ2n) is 7.95. The third kappa shape index (κ3) is 5.80. The zero-order valence-electron chi connectivity index (χ0n) is 15.1. The summed E-state index contributed by atoms with van der Waals surface area (Å²) in [6.07, 6.45) is 4.85. The highest BCUT2D eigenvalue weighted by Gasteiger charge is 2.32. The first kappa shape index (κ1) is 18.7. The Balaban J connectivity index is 1.98. The van der Waals surface area contributed by atoms with Gasteiger partial charge in [-0.2, -0.15) is 0 Å². The summed E-state index contributed by atoms with van der Waals surface area (Å²) in [5.41, 5.74) is -0.595. The highest BCUT2D eigenvalue weighted by Crippen LogP contribution is 2.26. The van der Waals surface area contributed by atoms with Crippen LogP contribution in [0.5, 0.6) is 0 Å². The molecule has 0 aromatic heterocycles. The Hall–Kier alpha value is -1.59. The Morgan fingerprint density at radius 1 is 1.21 bits per heavy atom. The van der Waals surface area contributed by atoms with Gasteiger partial charge in [0.2, 0.25) is 5.91 Å². The first-order chi connectivity index (χ1) is 11.2. The summed E-state index contributed by atoms with van der Waals surface area (Å²) in [6.45, 7) is 6.92. The Morgan fingerprint density at radius 3 is 2.33 bits per heavy atom. The van der Waals surface area contributed by atoms with Gasteiger partial charge >= 0.3 is 6.09 Å². The van der Waals surface area contributed by atoms with Crippen molar-refractivity contribution in [3.8, 4) is 0 Å². The van der Waals surface area contributed by atoms with Gasteiger partial charge in [-0.1, -0.05) is 0 Å². The van der Waals surface area contributed by atoms with E-state index >= 15 is 0 Å². The van der Waals surface area contributed by atoms with E-state index in [0.717, 1.165) is 38.8 Å². The van der Waals surface area contributed by atoms with E-state index in [4.69, 9.17) is 4.74 Å². The predicted octanol–water partition coefficient (Wildman–Crippen LogP) is 2.65. The summed E-state index contributed by atoms with van der Waals surface area (Å²) in [5, 5.41) is 2.77. The Labute approximate surface area is 144 Å². The first-order valence-corrected chi connectivity index (χ1v) is 9.04. The average Bonchev–Trinajstić information content (AvgIpc) is 3.00. The summed E-state index contributed by atoms with van der Waals surface area (Å²) in [5.74, 6) is 0.582. The molecule has 2 aliphatic rings. The lowest BCUT2D eigenvalue weighted by Gasteiger charge is -2.29. The number of alkyl carbamates (subject to hydrolysis) is 1. The molecule has 1 N–H and O–H groups in total. The van der Waals surface area contributed by atoms with E-state index < -0.39 is 17.7 Å². The van der Waals surface area contributed by atoms with Gasteiger partial charge in [-0.15, -0.1) is 0 Å². The van der Waals surface area contributed by atoms with Crippen molar-refractivity contribution >= 4 is 17.8 Å². The van der Waals surface area contributed by atoms with Gasteiger partial charge in [-0.05, 0) is 58.8 Å². The number of carbonyl (C=O) groups excluding carboxylic acids is 3. The molecule has 0 unspecified atom stereocenters. The molecular formula is C18H30N2O4. The van der Waals surface area contributed by atoms with Crippen LogP contribution in [0.15, 0.2) is 0 Å². The van der Waals surface area contributed by atoms with Gasteiger partial charge in [0.05, 0.1) is 0 Å². The topological polar surface area (TPSA) is 75.7 Å². The van der Waals surface area contributed by atoms with Gasteiger partial charge in [-0.25, -0.2) is 4.79 Å². The van der Waals surface area contributed by atoms with Crippen LogP contribution in [-0.2, 0) is 14.3 Å². The van der Waals surface area contributed by atoms with Gasteiger partial charge in [0.1, 0.15) is 17.4 Å². The largest absolute Gasteiger partial charge is 0.444 e. The van der Waals surface area contributed by atoms with Crippen LogP contribution in [0, 0.1) is 5.92 Å². The van der Waals surface area contributed by atoms with Crippen LogP contribution in [0.3, 0.4) is 0 Å². The molecule has 2 amide bonds. The monoisotopic (exact) mass is 338 g/mol. The van der Waals surface area contributed by atoms with Crippen LogP contribution in [0.1, 0.15) is 65.7 Å². The molecule has 2 fully saturated rings. The van der Waals surface area contributed by atoms with E-state index in [9.17, 15) is 14.4 Å². The molecule has 0 aromatic carbocycles. The summed E-state index contributed by atoms with van der Waals surface area (Å²) >= 11 is 0. The Kier molecular flexibility index (Phi) is 6.24. The quantitative estimate of drug-likeness (QED) is 0.855. The lowest BCUT2D eigenvalue weighted by atomic mass is 9.84. The number of amides is 2. The normalized spacial score (nSPS) is 20.8. The SMILES string of the molecule is CC(C)(C)OC(=O)N[C@@H](CC1CCC(=O)CC1)C(=O)N1CCCC1. The van der Waals surface area contributed by atoms with Crippen molar-refractivity contribution in [2.24, 2.45) is 5.92 Å². The molecule has 1 aliphatic heterocycles. The number of ketones is 1. The summed E-state index contributed by atoms with van der Waals surface area (Å²) in [7, 11) is 0. The van der Waals surface area contributed by atoms with Crippen molar-refractivity contribution < 1.29 is 19.1 Å². The first-order valence-electron chi connectivity index (χ1n) is 9.04. The molecule has 24 heavy (non-hydrogen) atoms. The lowest BCUT2D eigenvalue weighted by molar-refractivity contribution is -0.133. The van der Waals surface area contributed by atoms with E-state index in [0.29, 0.717) is 31.0 Å². The van der Waals surface area contributed by atoms with Crippen LogP contribution in [-0.4, -0.2) is 47.4 Å². The molecule has 0 aromatic rings. The second-order valence-corrected chi connectivity index (χ2v) is 7.95. The molecule has 1 heterocycles. The van der Waals surface area contributed by atoms with E-state index in [1.165, 1.54) is 0 Å². The maximum Gasteiger partial charge on any atom is 0.408 e. The number of nitrogens with zero attached hydrogens (tertiary/aromatic N) is 1. The number of Topliss-reactive ketones (excluding diaryl/α,β-unsaturated/α-hetero) is 1. The number of hydrogen-bond donors (Lipinski definition) is 1. The fraction of sp³-hybridized carbons (Fsp3) is 0.833. The van der Waals surface area contributed by atoms with Gasteiger partial charge in [0.25, 0.3) is 0 Å². The van der Waals surface area contributed by atoms with Crippen molar-refractivity contribution in [3.05, 3.63) is 0 Å². The van der Waals surface area contributed by atoms with Crippen LogP contribution >= 0.6 is 0 Å². The maximum atomic E-state index is 12.8. The minimum absolute atomic E-state index is 0.0183. The molecule has 6 heteroatoms. The highest BCUT2D eigenvalue weighted by atomic mass is 16.6. The van der Waals surface area contributed by atoms with Gasteiger partial charge in [0, 0.05) is 25.9 Å². The van der Waals surface area contributed by atoms with E-state index in [2.05, 4.69) is 5.32 Å². The lowest BCUT2D eigenvalue weighted by Crippen LogP contribution is -2.50. The number of hydrogen-bond acceptors (Lipinski definition) is 4. The number of likely N-dealkylation sites (tertiary alicyclic amines) is 1. The molecule has 2 rings (SSSR count). The molecule has 136 valence electrons. The second kappa shape index (κ2) is 7.99. The minimum Gasteiger partial charge on any atom is -0.444 e. The maximum absolute atomic E-state index is 12.8. The fourth-order valence-corrected chi connectivity index (χ4v) is 3.40. The highest BCUT2D eigenvalue weighted by molar-refractivity contribution is 5.86. The summed E-state index contributed by atoms with van der Waals surface area (Å²) in [6, 6.07) is -0.559. The van der Waals surface area contributed by atoms with Crippen LogP contribution in [0.2, 0.25) is 0 Å². The molecule has 1 saturated carbocycles. The third-order valence-electron chi connectivity index (χ3n) is 4.64. The summed E-state index contributed by atoms with van der Waals surface area (Å²) < 4.78 is 5.31. The molecule has 1 atom stereocenters. The van der Waals surface area contributed by atoms with Crippen molar-refractivity contribution in [3.63, 3.8) is 0 Å². The van der Waals surface area contributed by atoms with E-state index in [-0.39, 0.29) is 5.91 Å². The zero-order valence-corrected chi connectivity index (χ0v) is 15.1. The van der Waals surface area contributed by atoms with E-state index in [1.54, 1.807) is 20.8 Å². The Bertz CT molecular complexity index is 468. The van der Waals surface area contributed by atoms with Crippen molar-refractivity contribution in [2.75, 3.05) is 13.1 Å². The van der Waals surface area contributed by atoms with Crippen LogP contribution < -0.4 is 5.32 Å². The zero-order chi connectivity index (χ0) is 17.7. The number of ether oxygens (including phenoxy) is 1. The van der Waals surface area contributed by atoms with Crippen LogP contribution in [0.4, 0.5) is 4.79 Å². The number of rotatable bonds is 4. The fourth-order valence-electron chi connectivity index (χ4n) is 3.40. The molecule has 0 spiro atoms. The molecule has 6 nitrogen and oxygen atoms in total. The van der Waals surface area contributed by atoms with E-state index in [1.807, 2.05) is 4.90 Å². The van der Waals surface area contributed by atoms with Crippen LogP contribution in [0.25, 0.3) is 0 Å². The molecule has 1 saturated heterocycles. The third-order valence-corrected chi connectivity index (χ3v) is 4.64. The smallest absolute Gasteiger partial charge is 0.408 e. The van der Waals surface area contributed by atoms with Gasteiger partial charge < -0.3 is 15.0 Å². The average molecular weight is 338 g/mol.